The lowest BCUT2D eigenvalue weighted by Crippen LogP contribution is -2.42. The first-order valence-electron chi connectivity index (χ1n) is 7.22. The fraction of sp³-hybridized carbons (Fsp3) is 0.500. The minimum absolute atomic E-state index is 0.308. The molecule has 0 bridgehead atoms. The van der Waals surface area contributed by atoms with Crippen molar-refractivity contribution in [3.05, 3.63) is 33.8 Å². The Labute approximate surface area is 138 Å². The molecule has 1 aliphatic rings. The lowest BCUT2D eigenvalue weighted by atomic mass is 9.90. The molecule has 0 spiro atoms. The second-order valence-electron chi connectivity index (χ2n) is 5.87. The molecule has 0 aliphatic carbocycles. The van der Waals surface area contributed by atoms with Crippen LogP contribution in [0.25, 0.3) is 0 Å². The van der Waals surface area contributed by atoms with Crippen molar-refractivity contribution in [2.75, 3.05) is 20.2 Å². The van der Waals surface area contributed by atoms with Gasteiger partial charge in [0.2, 0.25) is 0 Å². The molecule has 0 radical (unpaired) electrons. The van der Waals surface area contributed by atoms with Gasteiger partial charge in [-0.05, 0) is 30.0 Å². The number of piperidine rings is 1. The van der Waals surface area contributed by atoms with Crippen LogP contribution in [0, 0.1) is 11.8 Å². The van der Waals surface area contributed by atoms with Gasteiger partial charge < -0.3 is 9.84 Å². The van der Waals surface area contributed by atoms with Crippen LogP contribution >= 0.6 is 15.9 Å². The molecule has 1 N–H and O–H groups in total. The molecular formula is C16H20BrNO4. The summed E-state index contributed by atoms with van der Waals surface area (Å²) in [6, 6.07) is 5.35. The summed E-state index contributed by atoms with van der Waals surface area (Å²) in [4.78, 5) is 24.9. The van der Waals surface area contributed by atoms with Gasteiger partial charge in [-0.25, -0.2) is 4.79 Å². The van der Waals surface area contributed by atoms with Crippen LogP contribution in [0.2, 0.25) is 0 Å². The Morgan fingerprint density at radius 3 is 2.73 bits per heavy atom. The van der Waals surface area contributed by atoms with E-state index in [0.29, 0.717) is 24.6 Å². The van der Waals surface area contributed by atoms with E-state index in [1.165, 1.54) is 7.11 Å². The second-order valence-corrected chi connectivity index (χ2v) is 6.72. The number of hydrogen-bond acceptors (Lipinski definition) is 4. The number of carboxylic acids is 1. The number of hydrogen-bond donors (Lipinski definition) is 1. The first-order valence-corrected chi connectivity index (χ1v) is 8.02. The van der Waals surface area contributed by atoms with E-state index < -0.39 is 5.97 Å². The van der Waals surface area contributed by atoms with Gasteiger partial charge in [-0.1, -0.05) is 28.9 Å². The summed E-state index contributed by atoms with van der Waals surface area (Å²) in [5.41, 5.74) is 1.53. The zero-order valence-electron chi connectivity index (χ0n) is 12.7. The summed E-state index contributed by atoms with van der Waals surface area (Å²) in [6.45, 7) is 4.19. The Kier molecular flexibility index (Phi) is 5.58. The molecule has 1 saturated heterocycles. The highest BCUT2D eigenvalue weighted by molar-refractivity contribution is 9.10. The minimum Gasteiger partial charge on any atom is -0.481 e. The van der Waals surface area contributed by atoms with E-state index in [2.05, 4.69) is 27.8 Å². The van der Waals surface area contributed by atoms with E-state index >= 15 is 0 Å². The Balaban J connectivity index is 2.09. The number of ether oxygens (including phenoxy) is 1. The predicted octanol–water partition coefficient (Wildman–Crippen LogP) is 2.78. The second kappa shape index (κ2) is 7.24. The topological polar surface area (TPSA) is 66.8 Å². The van der Waals surface area contributed by atoms with Crippen LogP contribution in [0.5, 0.6) is 0 Å². The lowest BCUT2D eigenvalue weighted by molar-refractivity contribution is -0.144. The van der Waals surface area contributed by atoms with Gasteiger partial charge in [-0.2, -0.15) is 0 Å². The molecule has 120 valence electrons. The first-order chi connectivity index (χ1) is 10.4. The Bertz CT molecular complexity index is 575. The van der Waals surface area contributed by atoms with Gasteiger partial charge in [-0.15, -0.1) is 0 Å². The van der Waals surface area contributed by atoms with Gasteiger partial charge in [0.25, 0.3) is 0 Å². The number of carboxylic acid groups (broad SMARTS) is 1. The van der Waals surface area contributed by atoms with Crippen molar-refractivity contribution < 1.29 is 19.4 Å². The summed E-state index contributed by atoms with van der Waals surface area (Å²) in [5.74, 6) is -1.04. The van der Waals surface area contributed by atoms with Crippen molar-refractivity contribution in [1.29, 1.82) is 0 Å². The zero-order chi connectivity index (χ0) is 16.3. The van der Waals surface area contributed by atoms with Crippen molar-refractivity contribution in [2.24, 2.45) is 11.8 Å². The van der Waals surface area contributed by atoms with Crippen LogP contribution in [-0.2, 0) is 16.1 Å². The van der Waals surface area contributed by atoms with E-state index in [-0.39, 0.29) is 11.9 Å². The van der Waals surface area contributed by atoms with E-state index in [9.17, 15) is 14.7 Å². The van der Waals surface area contributed by atoms with Crippen LogP contribution < -0.4 is 0 Å². The molecular weight excluding hydrogens is 350 g/mol. The maximum absolute atomic E-state index is 11.5. The third kappa shape index (κ3) is 4.08. The van der Waals surface area contributed by atoms with Gasteiger partial charge in [0.1, 0.15) is 0 Å². The molecule has 1 fully saturated rings. The van der Waals surface area contributed by atoms with E-state index in [4.69, 9.17) is 4.74 Å². The SMILES string of the molecule is COC(=O)c1ccc(CN2CC(C)CC(C(=O)O)C2)c(Br)c1. The normalized spacial score (nSPS) is 22.3. The molecule has 0 saturated carbocycles. The van der Waals surface area contributed by atoms with E-state index in [0.717, 1.165) is 23.0 Å². The van der Waals surface area contributed by atoms with Crippen LogP contribution in [0.15, 0.2) is 22.7 Å². The standard InChI is InChI=1S/C16H20BrNO4/c1-10-5-13(15(19)20)9-18(7-10)8-12-4-3-11(6-14(12)17)16(21)22-2/h3-4,6,10,13H,5,7-9H2,1-2H3,(H,19,20). The van der Waals surface area contributed by atoms with Crippen molar-refractivity contribution in [3.63, 3.8) is 0 Å². The molecule has 1 heterocycles. The molecule has 6 heteroatoms. The van der Waals surface area contributed by atoms with Gasteiger partial charge in [0, 0.05) is 24.1 Å². The maximum Gasteiger partial charge on any atom is 0.337 e. The van der Waals surface area contributed by atoms with Crippen molar-refractivity contribution in [3.8, 4) is 0 Å². The number of halogens is 1. The number of carbonyl (C=O) groups is 2. The van der Waals surface area contributed by atoms with E-state index in [1.54, 1.807) is 12.1 Å². The zero-order valence-corrected chi connectivity index (χ0v) is 14.3. The third-order valence-electron chi connectivity index (χ3n) is 3.95. The Morgan fingerprint density at radius 1 is 1.41 bits per heavy atom. The monoisotopic (exact) mass is 369 g/mol. The Hall–Kier alpha value is -1.40. The number of carbonyl (C=O) groups excluding carboxylic acids is 1. The largest absolute Gasteiger partial charge is 0.481 e. The molecule has 1 aliphatic heterocycles. The smallest absolute Gasteiger partial charge is 0.337 e. The summed E-state index contributed by atoms with van der Waals surface area (Å²) in [5, 5.41) is 9.23. The Morgan fingerprint density at radius 2 is 2.14 bits per heavy atom. The summed E-state index contributed by atoms with van der Waals surface area (Å²) < 4.78 is 5.53. The fourth-order valence-corrected chi connectivity index (χ4v) is 3.44. The van der Waals surface area contributed by atoms with E-state index in [1.807, 2.05) is 6.07 Å². The number of nitrogens with zero attached hydrogens (tertiary/aromatic N) is 1. The predicted molar refractivity (Wildman–Crippen MR) is 85.7 cm³/mol. The molecule has 1 aromatic rings. The highest BCUT2D eigenvalue weighted by Crippen LogP contribution is 2.26. The molecule has 0 amide bonds. The average molecular weight is 370 g/mol. The van der Waals surface area contributed by atoms with Crippen LogP contribution in [0.1, 0.15) is 29.3 Å². The highest BCUT2D eigenvalue weighted by atomic mass is 79.9. The van der Waals surface area contributed by atoms with Crippen molar-refractivity contribution in [2.45, 2.75) is 19.9 Å². The molecule has 0 aromatic heterocycles. The van der Waals surface area contributed by atoms with Gasteiger partial charge in [-0.3, -0.25) is 9.69 Å². The molecule has 2 rings (SSSR count). The molecule has 5 nitrogen and oxygen atoms in total. The van der Waals surface area contributed by atoms with Gasteiger partial charge in [0.05, 0.1) is 18.6 Å². The quantitative estimate of drug-likeness (QED) is 0.826. The van der Waals surface area contributed by atoms with Crippen LogP contribution in [0.3, 0.4) is 0 Å². The minimum atomic E-state index is -0.725. The summed E-state index contributed by atoms with van der Waals surface area (Å²) >= 11 is 3.48. The first kappa shape index (κ1) is 17.0. The van der Waals surface area contributed by atoms with Crippen molar-refractivity contribution in [1.82, 2.24) is 4.90 Å². The number of likely N-dealkylation sites (tertiary alicyclic amines) is 1. The molecule has 1 aromatic carbocycles. The number of rotatable bonds is 4. The van der Waals surface area contributed by atoms with Gasteiger partial charge in [0.15, 0.2) is 0 Å². The highest BCUT2D eigenvalue weighted by Gasteiger charge is 2.29. The molecule has 2 unspecified atom stereocenters. The number of benzene rings is 1. The number of esters is 1. The molecule has 2 atom stereocenters. The summed E-state index contributed by atoms with van der Waals surface area (Å²) in [7, 11) is 1.35. The average Bonchev–Trinajstić information content (AvgIpc) is 2.47. The van der Waals surface area contributed by atoms with Gasteiger partial charge >= 0.3 is 11.9 Å². The van der Waals surface area contributed by atoms with Crippen LogP contribution in [0.4, 0.5) is 0 Å². The van der Waals surface area contributed by atoms with Crippen LogP contribution in [-0.4, -0.2) is 42.1 Å². The number of methoxy groups -OCH3 is 1. The lowest BCUT2D eigenvalue weighted by Gasteiger charge is -2.34. The third-order valence-corrected chi connectivity index (χ3v) is 4.69. The summed E-state index contributed by atoms with van der Waals surface area (Å²) in [6.07, 6.45) is 0.730. The maximum atomic E-state index is 11.5. The fourth-order valence-electron chi connectivity index (χ4n) is 2.93. The number of aliphatic carboxylic acids is 1. The van der Waals surface area contributed by atoms with Crippen molar-refractivity contribution >= 4 is 27.9 Å². The molecule has 22 heavy (non-hydrogen) atoms.